The lowest BCUT2D eigenvalue weighted by Crippen LogP contribution is -2.14. The van der Waals surface area contributed by atoms with Crippen LogP contribution in [0.4, 0.5) is 0 Å². The molecular weight excluding hydrogens is 344 g/mol. The van der Waals surface area contributed by atoms with Gasteiger partial charge in [0.1, 0.15) is 17.0 Å². The number of hydrogen-bond acceptors (Lipinski definition) is 5. The van der Waals surface area contributed by atoms with Gasteiger partial charge in [-0.15, -0.1) is 0 Å². The molecule has 0 saturated heterocycles. The molecule has 3 aromatic rings. The number of ether oxygens (including phenoxy) is 2. The third kappa shape index (κ3) is 3.69. The first-order valence-electron chi connectivity index (χ1n) is 8.81. The zero-order valence-corrected chi connectivity index (χ0v) is 15.9. The fraction of sp³-hybridized carbons (Fsp3) is 0.286. The molecule has 0 aliphatic heterocycles. The van der Waals surface area contributed by atoms with Gasteiger partial charge in [-0.05, 0) is 45.4 Å². The number of carbonyl (C=O) groups is 2. The molecule has 0 aliphatic carbocycles. The monoisotopic (exact) mass is 366 g/mol. The summed E-state index contributed by atoms with van der Waals surface area (Å²) in [5.41, 5.74) is 3.56. The Balaban J connectivity index is 1.83. The summed E-state index contributed by atoms with van der Waals surface area (Å²) in [6.45, 7) is 7.26. The predicted molar refractivity (Wildman–Crippen MR) is 103 cm³/mol. The molecule has 0 spiro atoms. The smallest absolute Gasteiger partial charge is 0.355 e. The number of rotatable bonds is 6. The second-order valence-electron chi connectivity index (χ2n) is 6.34. The Morgan fingerprint density at radius 1 is 1.11 bits per heavy atom. The van der Waals surface area contributed by atoms with Crippen LogP contribution in [0.15, 0.2) is 30.3 Å². The average molecular weight is 366 g/mol. The van der Waals surface area contributed by atoms with Crippen LogP contribution in [0.2, 0.25) is 0 Å². The number of nitrogens with one attached hydrogen (secondary N) is 1. The molecule has 0 radical (unpaired) electrons. The van der Waals surface area contributed by atoms with E-state index in [1.54, 1.807) is 26.8 Å². The van der Waals surface area contributed by atoms with Crippen LogP contribution in [0.25, 0.3) is 10.9 Å². The zero-order valence-electron chi connectivity index (χ0n) is 15.9. The number of aromatic nitrogens is 2. The van der Waals surface area contributed by atoms with Crippen molar-refractivity contribution in [1.82, 2.24) is 9.97 Å². The Morgan fingerprint density at radius 2 is 1.89 bits per heavy atom. The van der Waals surface area contributed by atoms with Gasteiger partial charge in [0.2, 0.25) is 5.78 Å². The normalized spacial score (nSPS) is 10.8. The Kier molecular flexibility index (Phi) is 5.26. The van der Waals surface area contributed by atoms with Gasteiger partial charge in [-0.1, -0.05) is 18.2 Å². The molecule has 2 aromatic heterocycles. The topological polar surface area (TPSA) is 81.3 Å². The highest BCUT2D eigenvalue weighted by atomic mass is 16.5. The fourth-order valence-electron chi connectivity index (χ4n) is 3.13. The van der Waals surface area contributed by atoms with E-state index < -0.39 is 5.97 Å². The van der Waals surface area contributed by atoms with Crippen LogP contribution in [-0.2, 0) is 4.74 Å². The van der Waals surface area contributed by atoms with Gasteiger partial charge >= 0.3 is 5.97 Å². The maximum atomic E-state index is 12.7. The molecule has 2 heterocycles. The largest absolute Gasteiger partial charge is 0.483 e. The van der Waals surface area contributed by atoms with Gasteiger partial charge in [0.25, 0.3) is 0 Å². The van der Waals surface area contributed by atoms with Crippen molar-refractivity contribution in [3.8, 4) is 5.75 Å². The van der Waals surface area contributed by atoms with E-state index in [9.17, 15) is 9.59 Å². The lowest BCUT2D eigenvalue weighted by Gasteiger charge is -2.09. The van der Waals surface area contributed by atoms with E-state index in [1.807, 2.05) is 31.2 Å². The molecule has 0 fully saturated rings. The van der Waals surface area contributed by atoms with Gasteiger partial charge in [-0.3, -0.25) is 4.79 Å². The lowest BCUT2D eigenvalue weighted by atomic mass is 10.1. The molecule has 6 heteroatoms. The summed E-state index contributed by atoms with van der Waals surface area (Å²) in [7, 11) is 0. The summed E-state index contributed by atoms with van der Waals surface area (Å²) in [6, 6.07) is 9.51. The number of carbonyl (C=O) groups excluding carboxylic acids is 2. The van der Waals surface area contributed by atoms with E-state index in [0.29, 0.717) is 28.3 Å². The molecule has 3 rings (SSSR count). The molecule has 0 bridgehead atoms. The fourth-order valence-corrected chi connectivity index (χ4v) is 3.13. The number of esters is 1. The summed E-state index contributed by atoms with van der Waals surface area (Å²) >= 11 is 0. The summed E-state index contributed by atoms with van der Waals surface area (Å²) in [5, 5.41) is 0.948. The van der Waals surface area contributed by atoms with Crippen molar-refractivity contribution in [1.29, 1.82) is 0 Å². The molecular formula is C21H22N2O4. The number of fused-ring (bicyclic) bond motifs is 1. The number of para-hydroxylation sites is 1. The first-order chi connectivity index (χ1) is 12.9. The molecule has 0 unspecified atom stereocenters. The molecule has 6 nitrogen and oxygen atoms in total. The van der Waals surface area contributed by atoms with Crippen LogP contribution >= 0.6 is 0 Å². The average Bonchev–Trinajstić information content (AvgIpc) is 2.94. The number of ketones is 1. The van der Waals surface area contributed by atoms with Crippen LogP contribution in [-0.4, -0.2) is 34.9 Å². The summed E-state index contributed by atoms with van der Waals surface area (Å²) in [4.78, 5) is 32.2. The number of aromatic amines is 1. The molecule has 27 heavy (non-hydrogen) atoms. The predicted octanol–water partition coefficient (Wildman–Crippen LogP) is 3.93. The van der Waals surface area contributed by atoms with Gasteiger partial charge < -0.3 is 14.5 Å². The summed E-state index contributed by atoms with van der Waals surface area (Å²) < 4.78 is 10.8. The Labute approximate surface area is 157 Å². The third-order valence-electron chi connectivity index (χ3n) is 4.38. The van der Waals surface area contributed by atoms with Crippen molar-refractivity contribution in [2.24, 2.45) is 0 Å². The van der Waals surface area contributed by atoms with Crippen molar-refractivity contribution in [3.63, 3.8) is 0 Å². The second-order valence-corrected chi connectivity index (χ2v) is 6.34. The van der Waals surface area contributed by atoms with Gasteiger partial charge in [-0.2, -0.15) is 0 Å². The number of pyridine rings is 1. The first-order valence-corrected chi connectivity index (χ1v) is 8.81. The van der Waals surface area contributed by atoms with Crippen molar-refractivity contribution in [2.45, 2.75) is 27.7 Å². The molecule has 0 aliphatic rings. The van der Waals surface area contributed by atoms with Crippen molar-refractivity contribution >= 4 is 22.7 Å². The Hall–Kier alpha value is -3.15. The molecule has 1 aromatic carbocycles. The van der Waals surface area contributed by atoms with Crippen LogP contribution in [0.3, 0.4) is 0 Å². The van der Waals surface area contributed by atoms with Crippen molar-refractivity contribution in [3.05, 3.63) is 58.5 Å². The van der Waals surface area contributed by atoms with Crippen molar-refractivity contribution in [2.75, 3.05) is 13.2 Å². The highest BCUT2D eigenvalue weighted by Crippen LogP contribution is 2.25. The number of aryl methyl sites for hydroxylation is 2. The minimum absolute atomic E-state index is 0.142. The molecule has 0 atom stereocenters. The number of hydrogen-bond donors (Lipinski definition) is 1. The van der Waals surface area contributed by atoms with E-state index in [0.717, 1.165) is 16.6 Å². The summed E-state index contributed by atoms with van der Waals surface area (Å²) in [5.74, 6) is -0.116. The van der Waals surface area contributed by atoms with Crippen LogP contribution in [0.1, 0.15) is 44.7 Å². The Morgan fingerprint density at radius 3 is 2.63 bits per heavy atom. The molecule has 140 valence electrons. The van der Waals surface area contributed by atoms with Gasteiger partial charge in [0, 0.05) is 22.3 Å². The third-order valence-corrected chi connectivity index (χ3v) is 4.38. The summed E-state index contributed by atoms with van der Waals surface area (Å²) in [6.07, 6.45) is 0. The number of H-pyrrole nitrogens is 1. The minimum Gasteiger partial charge on any atom is -0.483 e. The van der Waals surface area contributed by atoms with Crippen LogP contribution in [0.5, 0.6) is 5.75 Å². The van der Waals surface area contributed by atoms with E-state index in [-0.39, 0.29) is 19.0 Å². The lowest BCUT2D eigenvalue weighted by molar-refractivity contribution is 0.0519. The minimum atomic E-state index is -0.466. The van der Waals surface area contributed by atoms with Crippen LogP contribution in [0, 0.1) is 20.8 Å². The van der Waals surface area contributed by atoms with Gasteiger partial charge in [-0.25, -0.2) is 9.78 Å². The number of Topliss-reactive ketones (excluding diaryl/α,β-unsaturated/α-hetero) is 1. The first kappa shape index (κ1) is 18.6. The van der Waals surface area contributed by atoms with Crippen LogP contribution < -0.4 is 4.74 Å². The van der Waals surface area contributed by atoms with Gasteiger partial charge in [0.05, 0.1) is 6.61 Å². The molecule has 0 saturated carbocycles. The SMILES string of the molecule is CCOC(=O)c1[nH]c(C)c(C(=O)COc2cccc3ccc(C)nc23)c1C. The Bertz CT molecular complexity index is 1020. The standard InChI is InChI=1S/C21H22N2O4/c1-5-26-21(25)19-13(3)18(14(4)23-19)16(24)11-27-17-8-6-7-15-10-9-12(2)22-20(15)17/h6-10,23H,5,11H2,1-4H3. The second kappa shape index (κ2) is 7.61. The zero-order chi connectivity index (χ0) is 19.6. The van der Waals surface area contributed by atoms with Crippen molar-refractivity contribution < 1.29 is 19.1 Å². The van der Waals surface area contributed by atoms with E-state index in [2.05, 4.69) is 9.97 Å². The van der Waals surface area contributed by atoms with E-state index >= 15 is 0 Å². The van der Waals surface area contributed by atoms with E-state index in [1.165, 1.54) is 0 Å². The highest BCUT2D eigenvalue weighted by molar-refractivity contribution is 6.03. The quantitative estimate of drug-likeness (QED) is 0.528. The van der Waals surface area contributed by atoms with Gasteiger partial charge in [0.15, 0.2) is 6.61 Å². The number of benzene rings is 1. The number of nitrogens with zero attached hydrogens (tertiary/aromatic N) is 1. The van der Waals surface area contributed by atoms with E-state index in [4.69, 9.17) is 9.47 Å². The maximum absolute atomic E-state index is 12.7. The maximum Gasteiger partial charge on any atom is 0.355 e. The molecule has 1 N–H and O–H groups in total. The molecule has 0 amide bonds. The highest BCUT2D eigenvalue weighted by Gasteiger charge is 2.23.